The first-order valence-electron chi connectivity index (χ1n) is 9.20. The van der Waals surface area contributed by atoms with Crippen LogP contribution in [0.15, 0.2) is 54.6 Å². The first-order valence-corrected chi connectivity index (χ1v) is 9.20. The number of ether oxygens (including phenoxy) is 3. The van der Waals surface area contributed by atoms with E-state index in [1.54, 1.807) is 21.3 Å². The largest absolute Gasteiger partial charge is 0.496 e. The molecule has 28 heavy (non-hydrogen) atoms. The quantitative estimate of drug-likeness (QED) is 0.644. The first kappa shape index (κ1) is 19.5. The van der Waals surface area contributed by atoms with E-state index < -0.39 is 0 Å². The Bertz CT molecular complexity index is 983. The third kappa shape index (κ3) is 3.88. The predicted octanol–water partition coefficient (Wildman–Crippen LogP) is 4.75. The molecule has 146 valence electrons. The van der Waals surface area contributed by atoms with Gasteiger partial charge in [-0.3, -0.25) is 4.79 Å². The van der Waals surface area contributed by atoms with Gasteiger partial charge in [0.2, 0.25) is 0 Å². The molecule has 0 heterocycles. The highest BCUT2D eigenvalue weighted by molar-refractivity contribution is 6.01. The van der Waals surface area contributed by atoms with Gasteiger partial charge in [-0.2, -0.15) is 0 Å². The summed E-state index contributed by atoms with van der Waals surface area (Å²) in [5.41, 5.74) is 1.47. The zero-order chi connectivity index (χ0) is 20.1. The van der Waals surface area contributed by atoms with Crippen molar-refractivity contribution in [3.05, 3.63) is 65.7 Å². The van der Waals surface area contributed by atoms with Crippen molar-refractivity contribution in [2.75, 3.05) is 21.3 Å². The second-order valence-electron chi connectivity index (χ2n) is 6.45. The van der Waals surface area contributed by atoms with Crippen molar-refractivity contribution in [2.45, 2.75) is 19.4 Å². The molecule has 3 aromatic rings. The van der Waals surface area contributed by atoms with Crippen LogP contribution in [0.1, 0.15) is 35.3 Å². The Labute approximate surface area is 165 Å². The zero-order valence-corrected chi connectivity index (χ0v) is 16.6. The van der Waals surface area contributed by atoms with Gasteiger partial charge in [0.1, 0.15) is 5.75 Å². The molecule has 0 radical (unpaired) electrons. The van der Waals surface area contributed by atoms with Crippen LogP contribution in [-0.4, -0.2) is 27.2 Å². The molecule has 0 bridgehead atoms. The van der Waals surface area contributed by atoms with Crippen molar-refractivity contribution >= 4 is 16.7 Å². The highest BCUT2D eigenvalue weighted by Gasteiger charge is 2.19. The van der Waals surface area contributed by atoms with Gasteiger partial charge in [-0.25, -0.2) is 0 Å². The molecule has 0 aliphatic rings. The van der Waals surface area contributed by atoms with Crippen LogP contribution >= 0.6 is 0 Å². The molecule has 0 fully saturated rings. The van der Waals surface area contributed by atoms with E-state index in [4.69, 9.17) is 14.2 Å². The Morgan fingerprint density at radius 2 is 1.50 bits per heavy atom. The molecule has 1 atom stereocenters. The van der Waals surface area contributed by atoms with Crippen LogP contribution in [0.4, 0.5) is 0 Å². The van der Waals surface area contributed by atoms with Crippen LogP contribution in [0, 0.1) is 0 Å². The van der Waals surface area contributed by atoms with E-state index in [1.165, 1.54) is 0 Å². The summed E-state index contributed by atoms with van der Waals surface area (Å²) < 4.78 is 16.2. The van der Waals surface area contributed by atoms with Gasteiger partial charge in [0.15, 0.2) is 11.5 Å². The van der Waals surface area contributed by atoms with Crippen LogP contribution in [0.3, 0.4) is 0 Å². The average Bonchev–Trinajstić information content (AvgIpc) is 2.75. The first-order chi connectivity index (χ1) is 13.6. The lowest BCUT2D eigenvalue weighted by molar-refractivity contribution is 0.0932. The lowest BCUT2D eigenvalue weighted by atomic mass is 10.0. The molecule has 1 N–H and O–H groups in total. The molecule has 0 saturated heterocycles. The Hall–Kier alpha value is -3.21. The zero-order valence-electron chi connectivity index (χ0n) is 16.6. The summed E-state index contributed by atoms with van der Waals surface area (Å²) >= 11 is 0. The van der Waals surface area contributed by atoms with E-state index >= 15 is 0 Å². The summed E-state index contributed by atoms with van der Waals surface area (Å²) in [6, 6.07) is 17.2. The lowest BCUT2D eigenvalue weighted by Crippen LogP contribution is -2.28. The number of benzene rings is 3. The topological polar surface area (TPSA) is 56.8 Å². The third-order valence-corrected chi connectivity index (χ3v) is 4.84. The molecule has 0 saturated carbocycles. The number of amides is 1. The number of carbonyl (C=O) groups is 1. The number of hydrogen-bond acceptors (Lipinski definition) is 4. The molecule has 0 aliphatic carbocycles. The normalized spacial score (nSPS) is 11.7. The second kappa shape index (κ2) is 8.65. The average molecular weight is 379 g/mol. The van der Waals surface area contributed by atoms with Crippen LogP contribution in [-0.2, 0) is 0 Å². The van der Waals surface area contributed by atoms with Gasteiger partial charge >= 0.3 is 0 Å². The molecule has 5 heteroatoms. The van der Waals surface area contributed by atoms with Crippen molar-refractivity contribution in [1.29, 1.82) is 0 Å². The summed E-state index contributed by atoms with van der Waals surface area (Å²) in [7, 11) is 4.77. The maximum absolute atomic E-state index is 13.0. The van der Waals surface area contributed by atoms with E-state index in [2.05, 4.69) is 5.32 Å². The fraction of sp³-hybridized carbons (Fsp3) is 0.261. The Balaban J connectivity index is 1.91. The maximum Gasteiger partial charge on any atom is 0.255 e. The Kier molecular flexibility index (Phi) is 6.04. The number of hydrogen-bond donors (Lipinski definition) is 1. The molecular weight excluding hydrogens is 354 g/mol. The van der Waals surface area contributed by atoms with Crippen molar-refractivity contribution in [2.24, 2.45) is 0 Å². The van der Waals surface area contributed by atoms with Crippen molar-refractivity contribution < 1.29 is 19.0 Å². The summed E-state index contributed by atoms with van der Waals surface area (Å²) in [5.74, 6) is 1.67. The molecule has 5 nitrogen and oxygen atoms in total. The number of fused-ring (bicyclic) bond motifs is 1. The summed E-state index contributed by atoms with van der Waals surface area (Å²) in [5, 5.41) is 5.14. The summed E-state index contributed by atoms with van der Waals surface area (Å²) in [6.45, 7) is 2.03. The smallest absolute Gasteiger partial charge is 0.255 e. The molecule has 1 amide bonds. The lowest BCUT2D eigenvalue weighted by Gasteiger charge is -2.20. The highest BCUT2D eigenvalue weighted by Crippen LogP contribution is 2.32. The van der Waals surface area contributed by atoms with Crippen LogP contribution in [0.5, 0.6) is 17.2 Å². The monoisotopic (exact) mass is 379 g/mol. The minimum Gasteiger partial charge on any atom is -0.496 e. The van der Waals surface area contributed by atoms with Crippen molar-refractivity contribution in [1.82, 2.24) is 5.32 Å². The van der Waals surface area contributed by atoms with Gasteiger partial charge in [0.25, 0.3) is 5.91 Å². The molecule has 0 aliphatic heterocycles. The van der Waals surface area contributed by atoms with Crippen LogP contribution in [0.2, 0.25) is 0 Å². The minimum atomic E-state index is -0.177. The molecule has 1 unspecified atom stereocenters. The molecule has 0 aromatic heterocycles. The van der Waals surface area contributed by atoms with Gasteiger partial charge in [-0.15, -0.1) is 0 Å². The number of nitrogens with one attached hydrogen (secondary N) is 1. The summed E-state index contributed by atoms with van der Waals surface area (Å²) in [6.07, 6.45) is 0.733. The van der Waals surface area contributed by atoms with E-state index in [0.29, 0.717) is 22.8 Å². The van der Waals surface area contributed by atoms with Gasteiger partial charge < -0.3 is 19.5 Å². The minimum absolute atomic E-state index is 0.163. The number of methoxy groups -OCH3 is 3. The van der Waals surface area contributed by atoms with Crippen LogP contribution in [0.25, 0.3) is 10.8 Å². The third-order valence-electron chi connectivity index (χ3n) is 4.84. The van der Waals surface area contributed by atoms with Crippen molar-refractivity contribution in [3.8, 4) is 17.2 Å². The van der Waals surface area contributed by atoms with E-state index in [1.807, 2.05) is 61.5 Å². The SMILES string of the molecule is CCC(NC(=O)c1cc2ccccc2cc1OC)c1ccc(OC)c(OC)c1. The molecule has 3 aromatic carbocycles. The highest BCUT2D eigenvalue weighted by atomic mass is 16.5. The van der Waals surface area contributed by atoms with E-state index in [-0.39, 0.29) is 11.9 Å². The van der Waals surface area contributed by atoms with Gasteiger partial charge in [0, 0.05) is 0 Å². The molecular formula is C23H25NO4. The Morgan fingerprint density at radius 3 is 2.11 bits per heavy atom. The van der Waals surface area contributed by atoms with Gasteiger partial charge in [-0.05, 0) is 47.0 Å². The van der Waals surface area contributed by atoms with Crippen LogP contribution < -0.4 is 19.5 Å². The number of rotatable bonds is 7. The maximum atomic E-state index is 13.0. The fourth-order valence-corrected chi connectivity index (χ4v) is 3.29. The number of carbonyl (C=O) groups excluding carboxylic acids is 1. The molecule has 0 spiro atoms. The van der Waals surface area contributed by atoms with E-state index in [9.17, 15) is 4.79 Å². The second-order valence-corrected chi connectivity index (χ2v) is 6.45. The van der Waals surface area contributed by atoms with Gasteiger partial charge in [0.05, 0.1) is 32.9 Å². The molecule has 3 rings (SSSR count). The van der Waals surface area contributed by atoms with Gasteiger partial charge in [-0.1, -0.05) is 37.3 Å². The predicted molar refractivity (Wildman–Crippen MR) is 111 cm³/mol. The fourth-order valence-electron chi connectivity index (χ4n) is 3.29. The standard InChI is InChI=1S/C23H25NO4/c1-5-19(17-10-11-20(26-2)22(14-17)28-4)24-23(25)18-12-15-8-6-7-9-16(15)13-21(18)27-3/h6-14,19H,5H2,1-4H3,(H,24,25). The van der Waals surface area contributed by atoms with Crippen molar-refractivity contribution in [3.63, 3.8) is 0 Å². The van der Waals surface area contributed by atoms with E-state index in [0.717, 1.165) is 22.8 Å². The summed E-state index contributed by atoms with van der Waals surface area (Å²) in [4.78, 5) is 13.0. The Morgan fingerprint density at radius 1 is 0.857 bits per heavy atom.